The molecule has 1 aliphatic heterocycles. The minimum atomic E-state index is -0.934. The molecule has 5 nitrogen and oxygen atoms in total. The van der Waals surface area contributed by atoms with Crippen molar-refractivity contribution < 1.29 is 14.6 Å². The van der Waals surface area contributed by atoms with Crippen molar-refractivity contribution in [1.29, 1.82) is 0 Å². The lowest BCUT2D eigenvalue weighted by atomic mass is 9.80. The van der Waals surface area contributed by atoms with E-state index in [0.29, 0.717) is 5.92 Å². The SMILES string of the molecule is COc1cc2c(cc1C=Nc1ccc(C(=O)O)cc1C)C(C)CC(C)(C)N2C. The van der Waals surface area contributed by atoms with Crippen molar-refractivity contribution in [3.05, 3.63) is 52.6 Å². The fourth-order valence-electron chi connectivity index (χ4n) is 3.96. The Morgan fingerprint density at radius 3 is 2.64 bits per heavy atom. The van der Waals surface area contributed by atoms with E-state index in [-0.39, 0.29) is 11.1 Å². The molecule has 28 heavy (non-hydrogen) atoms. The van der Waals surface area contributed by atoms with Crippen LogP contribution in [0.2, 0.25) is 0 Å². The number of aryl methyl sites for hydroxylation is 1. The zero-order valence-corrected chi connectivity index (χ0v) is 17.4. The molecule has 1 aliphatic rings. The van der Waals surface area contributed by atoms with Gasteiger partial charge in [0.05, 0.1) is 18.4 Å². The number of hydrogen-bond donors (Lipinski definition) is 1. The molecule has 0 fully saturated rings. The lowest BCUT2D eigenvalue weighted by Crippen LogP contribution is -2.45. The molecule has 3 rings (SSSR count). The van der Waals surface area contributed by atoms with Gasteiger partial charge in [-0.2, -0.15) is 0 Å². The van der Waals surface area contributed by atoms with E-state index in [1.807, 2.05) is 6.92 Å². The number of ether oxygens (including phenoxy) is 1. The molecule has 2 aromatic rings. The van der Waals surface area contributed by atoms with Crippen LogP contribution in [0.15, 0.2) is 35.3 Å². The van der Waals surface area contributed by atoms with E-state index < -0.39 is 5.97 Å². The topological polar surface area (TPSA) is 62.1 Å². The van der Waals surface area contributed by atoms with Crippen LogP contribution in [0.4, 0.5) is 11.4 Å². The summed E-state index contributed by atoms with van der Waals surface area (Å²) < 4.78 is 5.64. The molecule has 0 amide bonds. The molecule has 0 radical (unpaired) electrons. The van der Waals surface area contributed by atoms with Crippen molar-refractivity contribution in [2.75, 3.05) is 19.1 Å². The van der Waals surface area contributed by atoms with Gasteiger partial charge in [-0.3, -0.25) is 4.99 Å². The van der Waals surface area contributed by atoms with Crippen LogP contribution >= 0.6 is 0 Å². The summed E-state index contributed by atoms with van der Waals surface area (Å²) in [5, 5.41) is 9.11. The summed E-state index contributed by atoms with van der Waals surface area (Å²) in [6.07, 6.45) is 2.88. The fourth-order valence-corrected chi connectivity index (χ4v) is 3.96. The zero-order chi connectivity index (χ0) is 20.6. The smallest absolute Gasteiger partial charge is 0.335 e. The molecule has 5 heteroatoms. The highest BCUT2D eigenvalue weighted by atomic mass is 16.5. The summed E-state index contributed by atoms with van der Waals surface area (Å²) in [6.45, 7) is 8.65. The first kappa shape index (κ1) is 19.9. The van der Waals surface area contributed by atoms with E-state index in [9.17, 15) is 4.79 Å². The Labute approximate surface area is 166 Å². The molecule has 0 spiro atoms. The van der Waals surface area contributed by atoms with Crippen LogP contribution in [0.3, 0.4) is 0 Å². The van der Waals surface area contributed by atoms with Gasteiger partial charge in [0.15, 0.2) is 0 Å². The number of nitrogens with zero attached hydrogens (tertiary/aromatic N) is 2. The van der Waals surface area contributed by atoms with Gasteiger partial charge in [-0.25, -0.2) is 4.79 Å². The van der Waals surface area contributed by atoms with Gasteiger partial charge in [0.1, 0.15) is 5.75 Å². The molecule has 1 atom stereocenters. The third kappa shape index (κ3) is 3.61. The standard InChI is InChI=1S/C23H28N2O3/c1-14-9-16(22(26)27)7-8-19(14)24-13-17-10-18-15(2)12-23(3,4)25(5)20(18)11-21(17)28-6/h7-11,13,15H,12H2,1-6H3,(H,26,27). The van der Waals surface area contributed by atoms with E-state index in [1.165, 1.54) is 11.3 Å². The molecule has 2 aromatic carbocycles. The monoisotopic (exact) mass is 380 g/mol. The number of carbonyl (C=O) groups is 1. The second-order valence-electron chi connectivity index (χ2n) is 8.19. The maximum absolute atomic E-state index is 11.1. The Morgan fingerprint density at radius 1 is 1.32 bits per heavy atom. The van der Waals surface area contributed by atoms with E-state index in [4.69, 9.17) is 9.84 Å². The van der Waals surface area contributed by atoms with Gasteiger partial charge in [0.2, 0.25) is 0 Å². The summed E-state index contributed by atoms with van der Waals surface area (Å²) in [6, 6.07) is 9.20. The Hall–Kier alpha value is -2.82. The van der Waals surface area contributed by atoms with Crippen molar-refractivity contribution in [2.24, 2.45) is 4.99 Å². The third-order valence-corrected chi connectivity index (χ3v) is 5.77. The second kappa shape index (κ2) is 7.30. The summed E-state index contributed by atoms with van der Waals surface area (Å²) >= 11 is 0. The number of anilines is 1. The lowest BCUT2D eigenvalue weighted by molar-refractivity contribution is 0.0697. The van der Waals surface area contributed by atoms with Crippen LogP contribution in [0.5, 0.6) is 5.75 Å². The highest BCUT2D eigenvalue weighted by Gasteiger charge is 2.34. The Balaban J connectivity index is 2.01. The van der Waals surface area contributed by atoms with Crippen LogP contribution in [-0.2, 0) is 0 Å². The number of carboxylic acid groups (broad SMARTS) is 1. The van der Waals surface area contributed by atoms with E-state index in [2.05, 4.69) is 49.8 Å². The highest BCUT2D eigenvalue weighted by molar-refractivity contribution is 5.90. The maximum atomic E-state index is 11.1. The van der Waals surface area contributed by atoms with Crippen molar-refractivity contribution in [1.82, 2.24) is 0 Å². The highest BCUT2D eigenvalue weighted by Crippen LogP contribution is 2.44. The molecule has 1 unspecified atom stereocenters. The average molecular weight is 380 g/mol. The van der Waals surface area contributed by atoms with Crippen molar-refractivity contribution in [2.45, 2.75) is 45.6 Å². The summed E-state index contributed by atoms with van der Waals surface area (Å²) in [5.74, 6) is 0.283. The van der Waals surface area contributed by atoms with Crippen molar-refractivity contribution in [3.63, 3.8) is 0 Å². The van der Waals surface area contributed by atoms with Crippen LogP contribution < -0.4 is 9.64 Å². The first-order chi connectivity index (χ1) is 13.1. The third-order valence-electron chi connectivity index (χ3n) is 5.77. The van der Waals surface area contributed by atoms with Crippen LogP contribution in [0.25, 0.3) is 0 Å². The summed E-state index contributed by atoms with van der Waals surface area (Å²) in [4.78, 5) is 18.0. The number of methoxy groups -OCH3 is 1. The normalized spacial score (nSPS) is 18.2. The number of aliphatic imine (C=N–C) groups is 1. The number of carboxylic acids is 1. The van der Waals surface area contributed by atoms with E-state index in [1.54, 1.807) is 31.5 Å². The van der Waals surface area contributed by atoms with Crippen LogP contribution in [0.1, 0.15) is 60.2 Å². The molecule has 0 saturated heterocycles. The van der Waals surface area contributed by atoms with Gasteiger partial charge in [-0.1, -0.05) is 6.92 Å². The Bertz CT molecular complexity index is 947. The first-order valence-electron chi connectivity index (χ1n) is 9.48. The predicted octanol–water partition coefficient (Wildman–Crippen LogP) is 5.17. The largest absolute Gasteiger partial charge is 0.496 e. The van der Waals surface area contributed by atoms with Crippen molar-refractivity contribution >= 4 is 23.6 Å². The number of rotatable bonds is 4. The van der Waals surface area contributed by atoms with Crippen LogP contribution in [-0.4, -0.2) is 37.0 Å². The molecular weight excluding hydrogens is 352 g/mol. The molecule has 0 aromatic heterocycles. The average Bonchev–Trinajstić information content (AvgIpc) is 2.64. The maximum Gasteiger partial charge on any atom is 0.335 e. The first-order valence-corrected chi connectivity index (χ1v) is 9.48. The van der Waals surface area contributed by atoms with Gasteiger partial charge in [0.25, 0.3) is 0 Å². The minimum Gasteiger partial charge on any atom is -0.496 e. The second-order valence-corrected chi connectivity index (χ2v) is 8.19. The Morgan fingerprint density at radius 2 is 2.04 bits per heavy atom. The minimum absolute atomic E-state index is 0.0933. The molecule has 1 heterocycles. The molecule has 0 bridgehead atoms. The van der Waals surface area contributed by atoms with Gasteiger partial charge in [0, 0.05) is 36.1 Å². The number of aromatic carboxylic acids is 1. The molecule has 0 aliphatic carbocycles. The molecule has 148 valence electrons. The van der Waals surface area contributed by atoms with Gasteiger partial charge < -0.3 is 14.7 Å². The van der Waals surface area contributed by atoms with E-state index in [0.717, 1.165) is 29.0 Å². The zero-order valence-electron chi connectivity index (χ0n) is 17.4. The predicted molar refractivity (Wildman–Crippen MR) is 114 cm³/mol. The Kier molecular flexibility index (Phi) is 5.20. The lowest BCUT2D eigenvalue weighted by Gasteiger charge is -2.45. The summed E-state index contributed by atoms with van der Waals surface area (Å²) in [5.41, 5.74) is 5.33. The number of fused-ring (bicyclic) bond motifs is 1. The van der Waals surface area contributed by atoms with Gasteiger partial charge >= 0.3 is 5.97 Å². The van der Waals surface area contributed by atoms with Gasteiger partial charge in [-0.15, -0.1) is 0 Å². The summed E-state index contributed by atoms with van der Waals surface area (Å²) in [7, 11) is 3.80. The molecule has 0 saturated carbocycles. The van der Waals surface area contributed by atoms with Crippen LogP contribution in [0, 0.1) is 6.92 Å². The van der Waals surface area contributed by atoms with E-state index >= 15 is 0 Å². The van der Waals surface area contributed by atoms with Crippen molar-refractivity contribution in [3.8, 4) is 5.75 Å². The number of hydrogen-bond acceptors (Lipinski definition) is 4. The fraction of sp³-hybridized carbons (Fsp3) is 0.391. The number of benzene rings is 2. The van der Waals surface area contributed by atoms with Gasteiger partial charge in [-0.05, 0) is 68.5 Å². The molecule has 1 N–H and O–H groups in total. The molecular formula is C23H28N2O3. The quantitative estimate of drug-likeness (QED) is 0.743.